The van der Waals surface area contributed by atoms with Crippen LogP contribution in [-0.2, 0) is 9.59 Å². The number of thioether (sulfide) groups is 1. The number of aromatic nitrogens is 1. The first kappa shape index (κ1) is 16.4. The summed E-state index contributed by atoms with van der Waals surface area (Å²) in [4.78, 5) is 28.9. The average molecular weight is 339 g/mol. The summed E-state index contributed by atoms with van der Waals surface area (Å²) in [7, 11) is 0. The van der Waals surface area contributed by atoms with E-state index >= 15 is 0 Å². The number of carbonyl (C=O) groups excluding carboxylic acids is 2. The molecule has 0 radical (unpaired) electrons. The molecule has 8 heteroatoms. The molecule has 1 aromatic carbocycles. The van der Waals surface area contributed by atoms with Crippen molar-refractivity contribution in [3.63, 3.8) is 0 Å². The fourth-order valence-corrected chi connectivity index (χ4v) is 3.24. The first-order valence-electron chi connectivity index (χ1n) is 6.43. The maximum Gasteiger partial charge on any atom is 0.237 e. The first-order valence-corrected chi connectivity index (χ1v) is 8.29. The van der Waals surface area contributed by atoms with Gasteiger partial charge in [0.15, 0.2) is 0 Å². The Balaban J connectivity index is 2.06. The third-order valence-electron chi connectivity index (χ3n) is 2.75. The molecule has 2 N–H and O–H groups in total. The standard InChI is InChI=1S/C14H14FN3O2S2/c15-10-1-3-11(4-2-10)18(7-5-12(16)19)13(20)9-22-14-17-6-8-21-14/h1-4,6,8H,5,7,9H2,(H2,16,19). The summed E-state index contributed by atoms with van der Waals surface area (Å²) in [6.45, 7) is 0.165. The average Bonchev–Trinajstić information content (AvgIpc) is 3.00. The summed E-state index contributed by atoms with van der Waals surface area (Å²) in [5.74, 6) is -0.882. The number of halogens is 1. The van der Waals surface area contributed by atoms with E-state index < -0.39 is 5.91 Å². The molecule has 2 rings (SSSR count). The fourth-order valence-electron chi connectivity index (χ4n) is 1.72. The van der Waals surface area contributed by atoms with Gasteiger partial charge in [0, 0.05) is 30.2 Å². The molecule has 22 heavy (non-hydrogen) atoms. The minimum atomic E-state index is -0.493. The molecule has 1 heterocycles. The second-order valence-electron chi connectivity index (χ2n) is 4.32. The summed E-state index contributed by atoms with van der Waals surface area (Å²) >= 11 is 2.77. The van der Waals surface area contributed by atoms with Crippen molar-refractivity contribution in [1.82, 2.24) is 4.98 Å². The number of hydrogen-bond acceptors (Lipinski definition) is 5. The number of nitrogens with two attached hydrogens (primary N) is 1. The van der Waals surface area contributed by atoms with Gasteiger partial charge in [-0.3, -0.25) is 9.59 Å². The molecule has 0 aliphatic rings. The Morgan fingerprint density at radius 2 is 2.05 bits per heavy atom. The van der Waals surface area contributed by atoms with Crippen molar-refractivity contribution in [2.45, 2.75) is 10.8 Å². The maximum absolute atomic E-state index is 13.0. The van der Waals surface area contributed by atoms with Crippen molar-refractivity contribution in [2.75, 3.05) is 17.2 Å². The number of benzene rings is 1. The van der Waals surface area contributed by atoms with Crippen LogP contribution in [0.1, 0.15) is 6.42 Å². The highest BCUT2D eigenvalue weighted by Gasteiger charge is 2.17. The number of anilines is 1. The van der Waals surface area contributed by atoms with Crippen LogP contribution < -0.4 is 10.6 Å². The van der Waals surface area contributed by atoms with E-state index in [0.29, 0.717) is 5.69 Å². The molecule has 1 aromatic heterocycles. The van der Waals surface area contributed by atoms with Gasteiger partial charge in [-0.2, -0.15) is 0 Å². The van der Waals surface area contributed by atoms with Crippen molar-refractivity contribution in [1.29, 1.82) is 0 Å². The van der Waals surface area contributed by atoms with E-state index in [1.165, 1.54) is 52.3 Å². The smallest absolute Gasteiger partial charge is 0.237 e. The normalized spacial score (nSPS) is 10.4. The maximum atomic E-state index is 13.0. The van der Waals surface area contributed by atoms with E-state index in [9.17, 15) is 14.0 Å². The van der Waals surface area contributed by atoms with Gasteiger partial charge < -0.3 is 10.6 Å². The van der Waals surface area contributed by atoms with Gasteiger partial charge in [0.2, 0.25) is 11.8 Å². The lowest BCUT2D eigenvalue weighted by atomic mass is 10.2. The largest absolute Gasteiger partial charge is 0.370 e. The zero-order valence-corrected chi connectivity index (χ0v) is 13.2. The van der Waals surface area contributed by atoms with E-state index in [-0.39, 0.29) is 30.4 Å². The van der Waals surface area contributed by atoms with E-state index in [0.717, 1.165) is 4.34 Å². The van der Waals surface area contributed by atoms with Crippen LogP contribution in [0.5, 0.6) is 0 Å². The van der Waals surface area contributed by atoms with Crippen molar-refractivity contribution >= 4 is 40.6 Å². The Morgan fingerprint density at radius 1 is 1.32 bits per heavy atom. The van der Waals surface area contributed by atoms with Crippen LogP contribution in [0.25, 0.3) is 0 Å². The third-order valence-corrected chi connectivity index (χ3v) is 4.70. The minimum Gasteiger partial charge on any atom is -0.370 e. The first-order chi connectivity index (χ1) is 10.6. The number of amides is 2. The van der Waals surface area contributed by atoms with E-state index in [1.807, 2.05) is 5.38 Å². The van der Waals surface area contributed by atoms with E-state index in [4.69, 9.17) is 5.73 Å². The lowest BCUT2D eigenvalue weighted by molar-refractivity contribution is -0.118. The predicted molar refractivity (Wildman–Crippen MR) is 85.4 cm³/mol. The molecule has 0 saturated heterocycles. The third kappa shape index (κ3) is 4.81. The lowest BCUT2D eigenvalue weighted by Crippen LogP contribution is -2.35. The number of hydrogen-bond donors (Lipinski definition) is 1. The van der Waals surface area contributed by atoms with Crippen molar-refractivity contribution in [2.24, 2.45) is 5.73 Å². The van der Waals surface area contributed by atoms with Crippen molar-refractivity contribution < 1.29 is 14.0 Å². The summed E-state index contributed by atoms with van der Waals surface area (Å²) in [6.07, 6.45) is 1.72. The molecule has 0 fully saturated rings. The van der Waals surface area contributed by atoms with Crippen LogP contribution in [0, 0.1) is 5.82 Å². The highest BCUT2D eigenvalue weighted by atomic mass is 32.2. The van der Waals surface area contributed by atoms with Gasteiger partial charge in [-0.05, 0) is 24.3 Å². The molecule has 0 aliphatic carbocycles. The predicted octanol–water partition coefficient (Wildman–Crippen LogP) is 2.28. The Kier molecular flexibility index (Phi) is 5.91. The molecule has 0 atom stereocenters. The lowest BCUT2D eigenvalue weighted by Gasteiger charge is -2.22. The Morgan fingerprint density at radius 3 is 2.64 bits per heavy atom. The summed E-state index contributed by atoms with van der Waals surface area (Å²) in [6, 6.07) is 5.55. The number of carbonyl (C=O) groups is 2. The summed E-state index contributed by atoms with van der Waals surface area (Å²) in [5, 5.41) is 1.83. The van der Waals surface area contributed by atoms with E-state index in [2.05, 4.69) is 4.98 Å². The topological polar surface area (TPSA) is 76.3 Å². The van der Waals surface area contributed by atoms with Crippen molar-refractivity contribution in [3.8, 4) is 0 Å². The molecular weight excluding hydrogens is 325 g/mol. The minimum absolute atomic E-state index is 0.0467. The van der Waals surface area contributed by atoms with Crippen LogP contribution in [0.4, 0.5) is 10.1 Å². The monoisotopic (exact) mass is 339 g/mol. The zero-order valence-electron chi connectivity index (χ0n) is 11.6. The molecular formula is C14H14FN3O2S2. The SMILES string of the molecule is NC(=O)CCN(C(=O)CSc1nccs1)c1ccc(F)cc1. The molecule has 0 spiro atoms. The van der Waals surface area contributed by atoms with Gasteiger partial charge in [-0.25, -0.2) is 9.37 Å². The number of primary amides is 1. The molecule has 0 aliphatic heterocycles. The fraction of sp³-hybridized carbons (Fsp3) is 0.214. The van der Waals surface area contributed by atoms with Crippen LogP contribution >= 0.6 is 23.1 Å². The second kappa shape index (κ2) is 7.90. The number of rotatable bonds is 7. The van der Waals surface area contributed by atoms with Crippen LogP contribution in [0.15, 0.2) is 40.2 Å². The molecule has 0 bridgehead atoms. The van der Waals surface area contributed by atoms with Gasteiger partial charge in [0.1, 0.15) is 10.2 Å². The summed E-state index contributed by atoms with van der Waals surface area (Å²) < 4.78 is 13.8. The molecule has 5 nitrogen and oxygen atoms in total. The van der Waals surface area contributed by atoms with Crippen LogP contribution in [-0.4, -0.2) is 29.1 Å². The van der Waals surface area contributed by atoms with Gasteiger partial charge in [-0.1, -0.05) is 11.8 Å². The van der Waals surface area contributed by atoms with Gasteiger partial charge >= 0.3 is 0 Å². The Bertz CT molecular complexity index is 632. The Labute approximate surface area is 135 Å². The van der Waals surface area contributed by atoms with Gasteiger partial charge in [0.05, 0.1) is 5.75 Å². The molecule has 2 amide bonds. The number of nitrogens with zero attached hydrogens (tertiary/aromatic N) is 2. The van der Waals surface area contributed by atoms with Gasteiger partial charge in [-0.15, -0.1) is 11.3 Å². The highest BCUT2D eigenvalue weighted by Crippen LogP contribution is 2.22. The quantitative estimate of drug-likeness (QED) is 0.785. The summed E-state index contributed by atoms with van der Waals surface area (Å²) in [5.41, 5.74) is 5.68. The molecule has 0 saturated carbocycles. The highest BCUT2D eigenvalue weighted by molar-refractivity contribution is 8.01. The van der Waals surface area contributed by atoms with Crippen LogP contribution in [0.3, 0.4) is 0 Å². The molecule has 0 unspecified atom stereocenters. The molecule has 116 valence electrons. The van der Waals surface area contributed by atoms with Crippen LogP contribution in [0.2, 0.25) is 0 Å². The van der Waals surface area contributed by atoms with Crippen molar-refractivity contribution in [3.05, 3.63) is 41.7 Å². The van der Waals surface area contributed by atoms with Gasteiger partial charge in [0.25, 0.3) is 0 Å². The second-order valence-corrected chi connectivity index (χ2v) is 6.44. The zero-order chi connectivity index (χ0) is 15.9. The number of thiazole rings is 1. The molecule has 2 aromatic rings. The Hall–Kier alpha value is -1.93. The van der Waals surface area contributed by atoms with E-state index in [1.54, 1.807) is 6.20 Å².